The fourth-order valence-corrected chi connectivity index (χ4v) is 3.37. The maximum Gasteiger partial charge on any atom is 0.0798 e. The molecule has 2 rings (SSSR count). The lowest BCUT2D eigenvalue weighted by atomic mass is 9.89. The Balaban J connectivity index is 1.88. The first-order valence-electron chi connectivity index (χ1n) is 7.41. The van der Waals surface area contributed by atoms with Gasteiger partial charge < -0.3 is 10.4 Å². The van der Waals surface area contributed by atoms with E-state index in [-0.39, 0.29) is 0 Å². The van der Waals surface area contributed by atoms with Crippen LogP contribution in [0.25, 0.3) is 0 Å². The summed E-state index contributed by atoms with van der Waals surface area (Å²) in [6.07, 6.45) is 8.65. The van der Waals surface area contributed by atoms with E-state index in [0.29, 0.717) is 0 Å². The van der Waals surface area contributed by atoms with E-state index in [9.17, 15) is 5.11 Å². The highest BCUT2D eigenvalue weighted by atomic mass is 16.3. The van der Waals surface area contributed by atoms with Crippen molar-refractivity contribution in [2.45, 2.75) is 63.5 Å². The smallest absolute Gasteiger partial charge is 0.0798 e. The minimum atomic E-state index is -0.432. The monoisotopic (exact) mass is 240 g/mol. The van der Waals surface area contributed by atoms with Crippen LogP contribution in [0.5, 0.6) is 0 Å². The lowest BCUT2D eigenvalue weighted by Crippen LogP contribution is -2.52. The third kappa shape index (κ3) is 3.67. The molecule has 3 heteroatoms. The molecule has 0 aromatic heterocycles. The molecule has 3 nitrogen and oxygen atoms in total. The molecule has 100 valence electrons. The van der Waals surface area contributed by atoms with Crippen LogP contribution in [0.4, 0.5) is 0 Å². The average Bonchev–Trinajstić information content (AvgIpc) is 2.38. The zero-order valence-electron chi connectivity index (χ0n) is 11.2. The molecule has 0 bridgehead atoms. The van der Waals surface area contributed by atoms with E-state index >= 15 is 0 Å². The van der Waals surface area contributed by atoms with E-state index in [1.54, 1.807) is 0 Å². The predicted octanol–water partition coefficient (Wildman–Crippen LogP) is 1.76. The number of nitrogens with one attached hydrogen (secondary N) is 1. The lowest BCUT2D eigenvalue weighted by molar-refractivity contribution is -0.0333. The van der Waals surface area contributed by atoms with Gasteiger partial charge in [-0.3, -0.25) is 4.90 Å². The van der Waals surface area contributed by atoms with Gasteiger partial charge in [0.05, 0.1) is 5.60 Å². The average molecular weight is 240 g/mol. The quantitative estimate of drug-likeness (QED) is 0.786. The van der Waals surface area contributed by atoms with Crippen molar-refractivity contribution in [3.63, 3.8) is 0 Å². The molecule has 1 aliphatic carbocycles. The summed E-state index contributed by atoms with van der Waals surface area (Å²) in [5.74, 6) is 0. The molecule has 0 unspecified atom stereocenters. The van der Waals surface area contributed by atoms with Crippen LogP contribution in [0.3, 0.4) is 0 Å². The maximum atomic E-state index is 10.6. The largest absolute Gasteiger partial charge is 0.388 e. The van der Waals surface area contributed by atoms with E-state index in [1.165, 1.54) is 32.1 Å². The molecule has 2 aliphatic rings. The van der Waals surface area contributed by atoms with Crippen molar-refractivity contribution >= 4 is 0 Å². The predicted molar refractivity (Wildman–Crippen MR) is 71.2 cm³/mol. The lowest BCUT2D eigenvalue weighted by Gasteiger charge is -2.41. The molecule has 0 amide bonds. The Hall–Kier alpha value is -0.120. The van der Waals surface area contributed by atoms with E-state index < -0.39 is 5.60 Å². The van der Waals surface area contributed by atoms with Gasteiger partial charge in [-0.25, -0.2) is 0 Å². The molecule has 1 saturated carbocycles. The maximum absolute atomic E-state index is 10.6. The fourth-order valence-electron chi connectivity index (χ4n) is 3.37. The zero-order valence-corrected chi connectivity index (χ0v) is 11.2. The Bertz CT molecular complexity index is 220. The highest BCUT2D eigenvalue weighted by Crippen LogP contribution is 2.26. The summed E-state index contributed by atoms with van der Waals surface area (Å²) in [5.41, 5.74) is -0.432. The van der Waals surface area contributed by atoms with Gasteiger partial charge in [0.25, 0.3) is 0 Å². The van der Waals surface area contributed by atoms with Crippen LogP contribution in [0.15, 0.2) is 0 Å². The molecule has 2 N–H and O–H groups in total. The minimum Gasteiger partial charge on any atom is -0.388 e. The van der Waals surface area contributed by atoms with Gasteiger partial charge >= 0.3 is 0 Å². The van der Waals surface area contributed by atoms with Gasteiger partial charge in [0.15, 0.2) is 0 Å². The van der Waals surface area contributed by atoms with Crippen LogP contribution in [0, 0.1) is 0 Å². The fraction of sp³-hybridized carbons (Fsp3) is 1.00. The standard InChI is InChI=1S/C14H28N2O/c1-2-16(13-6-4-3-5-7-13)12-14(17)8-10-15-11-9-14/h13,15,17H,2-12H2,1H3. The molecule has 0 aromatic carbocycles. The third-order valence-electron chi connectivity index (χ3n) is 4.53. The van der Waals surface area contributed by atoms with Crippen LogP contribution in [-0.2, 0) is 0 Å². The van der Waals surface area contributed by atoms with Gasteiger partial charge in [0, 0.05) is 12.6 Å². The van der Waals surface area contributed by atoms with E-state index in [0.717, 1.165) is 45.1 Å². The van der Waals surface area contributed by atoms with Crippen molar-refractivity contribution in [2.75, 3.05) is 26.2 Å². The highest BCUT2D eigenvalue weighted by molar-refractivity contribution is 4.89. The van der Waals surface area contributed by atoms with E-state index in [4.69, 9.17) is 0 Å². The van der Waals surface area contributed by atoms with Crippen molar-refractivity contribution in [3.8, 4) is 0 Å². The van der Waals surface area contributed by atoms with Crippen LogP contribution >= 0.6 is 0 Å². The summed E-state index contributed by atoms with van der Waals surface area (Å²) < 4.78 is 0. The van der Waals surface area contributed by atoms with Gasteiger partial charge in [0.2, 0.25) is 0 Å². The summed E-state index contributed by atoms with van der Waals surface area (Å²) in [5, 5.41) is 14.0. The van der Waals surface area contributed by atoms with Crippen molar-refractivity contribution in [1.82, 2.24) is 10.2 Å². The number of aliphatic hydroxyl groups is 1. The van der Waals surface area contributed by atoms with Crippen molar-refractivity contribution in [1.29, 1.82) is 0 Å². The highest BCUT2D eigenvalue weighted by Gasteiger charge is 2.33. The van der Waals surface area contributed by atoms with Gasteiger partial charge in [-0.1, -0.05) is 26.2 Å². The molecule has 0 spiro atoms. The molecule has 1 heterocycles. The first-order valence-corrected chi connectivity index (χ1v) is 7.41. The number of piperidine rings is 1. The molecule has 17 heavy (non-hydrogen) atoms. The Labute approximate surface area is 106 Å². The second-order valence-electron chi connectivity index (χ2n) is 5.83. The second kappa shape index (κ2) is 6.17. The van der Waals surface area contributed by atoms with Crippen LogP contribution in [0.1, 0.15) is 51.9 Å². The topological polar surface area (TPSA) is 35.5 Å². The van der Waals surface area contributed by atoms with E-state index in [2.05, 4.69) is 17.1 Å². The SMILES string of the molecule is CCN(CC1(O)CCNCC1)C1CCCCC1. The molecule has 0 atom stereocenters. The summed E-state index contributed by atoms with van der Waals surface area (Å²) in [6, 6.07) is 0.729. The molecular weight excluding hydrogens is 212 g/mol. The van der Waals surface area contributed by atoms with Gasteiger partial charge in [-0.2, -0.15) is 0 Å². The first-order chi connectivity index (χ1) is 8.23. The van der Waals surface area contributed by atoms with Crippen LogP contribution in [-0.4, -0.2) is 47.8 Å². The van der Waals surface area contributed by atoms with Crippen molar-refractivity contribution < 1.29 is 5.11 Å². The number of likely N-dealkylation sites (N-methyl/N-ethyl adjacent to an activating group) is 1. The normalized spacial score (nSPS) is 26.3. The molecule has 1 saturated heterocycles. The third-order valence-corrected chi connectivity index (χ3v) is 4.53. The molecule has 2 fully saturated rings. The first kappa shape index (κ1) is 13.3. The molecular formula is C14H28N2O. The van der Waals surface area contributed by atoms with Crippen LogP contribution < -0.4 is 5.32 Å². The minimum absolute atomic E-state index is 0.432. The Morgan fingerprint density at radius 2 is 1.82 bits per heavy atom. The second-order valence-corrected chi connectivity index (χ2v) is 5.83. The van der Waals surface area contributed by atoms with Crippen molar-refractivity contribution in [3.05, 3.63) is 0 Å². The Morgan fingerprint density at radius 1 is 1.18 bits per heavy atom. The Kier molecular flexibility index (Phi) is 4.83. The number of rotatable bonds is 4. The van der Waals surface area contributed by atoms with Gasteiger partial charge in [-0.05, 0) is 45.3 Å². The molecule has 1 aliphatic heterocycles. The summed E-state index contributed by atoms with van der Waals surface area (Å²) in [7, 11) is 0. The van der Waals surface area contributed by atoms with Gasteiger partial charge in [0.1, 0.15) is 0 Å². The number of hydrogen-bond donors (Lipinski definition) is 2. The van der Waals surface area contributed by atoms with E-state index in [1.807, 2.05) is 0 Å². The number of hydrogen-bond acceptors (Lipinski definition) is 3. The summed E-state index contributed by atoms with van der Waals surface area (Å²) >= 11 is 0. The summed E-state index contributed by atoms with van der Waals surface area (Å²) in [4.78, 5) is 2.53. The molecule has 0 radical (unpaired) electrons. The summed E-state index contributed by atoms with van der Waals surface area (Å²) in [6.45, 7) is 6.15. The molecule has 0 aromatic rings. The van der Waals surface area contributed by atoms with Gasteiger partial charge in [-0.15, -0.1) is 0 Å². The van der Waals surface area contributed by atoms with Crippen molar-refractivity contribution in [2.24, 2.45) is 0 Å². The Morgan fingerprint density at radius 3 is 2.41 bits per heavy atom. The number of nitrogens with zero attached hydrogens (tertiary/aromatic N) is 1. The van der Waals surface area contributed by atoms with Crippen LogP contribution in [0.2, 0.25) is 0 Å². The zero-order chi connectivity index (χ0) is 12.1.